The number of aliphatic hydroxyl groups is 1. The van der Waals surface area contributed by atoms with E-state index in [-0.39, 0.29) is 0 Å². The SMILES string of the molecule is COc1ncc(-c2nccs2)cc1C(c1ccccc1)C(O)(CCN(C)C)c1cccc2ccccc12. The van der Waals surface area contributed by atoms with Crippen LogP contribution in [0.15, 0.2) is 96.6 Å². The van der Waals surface area contributed by atoms with Crippen LogP contribution in [0.1, 0.15) is 29.0 Å². The van der Waals surface area contributed by atoms with E-state index in [1.54, 1.807) is 30.8 Å². The van der Waals surface area contributed by atoms with Gasteiger partial charge in [-0.05, 0) is 48.5 Å². The van der Waals surface area contributed by atoms with Crippen molar-refractivity contribution in [1.29, 1.82) is 0 Å². The molecule has 5 nitrogen and oxygen atoms in total. The van der Waals surface area contributed by atoms with E-state index in [1.165, 1.54) is 0 Å². The van der Waals surface area contributed by atoms with Gasteiger partial charge in [-0.25, -0.2) is 9.97 Å². The lowest BCUT2D eigenvalue weighted by atomic mass is 9.70. The van der Waals surface area contributed by atoms with E-state index in [4.69, 9.17) is 4.74 Å². The molecule has 37 heavy (non-hydrogen) atoms. The van der Waals surface area contributed by atoms with Gasteiger partial charge in [0.05, 0.1) is 7.11 Å². The van der Waals surface area contributed by atoms with Gasteiger partial charge in [0, 0.05) is 41.4 Å². The number of benzene rings is 3. The number of thiazole rings is 1. The average Bonchev–Trinajstić information content (AvgIpc) is 3.47. The average molecular weight is 510 g/mol. The number of nitrogens with zero attached hydrogens (tertiary/aromatic N) is 3. The van der Waals surface area contributed by atoms with Gasteiger partial charge in [-0.1, -0.05) is 72.8 Å². The molecule has 2 aromatic heterocycles. The Labute approximate surface area is 222 Å². The third-order valence-electron chi connectivity index (χ3n) is 6.87. The molecular weight excluding hydrogens is 478 g/mol. The number of hydrogen-bond acceptors (Lipinski definition) is 6. The third-order valence-corrected chi connectivity index (χ3v) is 7.69. The molecule has 0 spiro atoms. The predicted octanol–water partition coefficient (Wildman–Crippen LogP) is 6.34. The fraction of sp³-hybridized carbons (Fsp3) is 0.226. The first-order valence-corrected chi connectivity index (χ1v) is 13.2. The van der Waals surface area contributed by atoms with Crippen LogP contribution >= 0.6 is 11.3 Å². The minimum atomic E-state index is -1.26. The van der Waals surface area contributed by atoms with Crippen LogP contribution in [-0.4, -0.2) is 47.7 Å². The van der Waals surface area contributed by atoms with E-state index < -0.39 is 11.5 Å². The highest BCUT2D eigenvalue weighted by molar-refractivity contribution is 7.13. The maximum absolute atomic E-state index is 13.0. The van der Waals surface area contributed by atoms with Crippen LogP contribution in [0.4, 0.5) is 0 Å². The van der Waals surface area contributed by atoms with Crippen molar-refractivity contribution >= 4 is 22.1 Å². The number of ether oxygens (including phenoxy) is 1. The van der Waals surface area contributed by atoms with Crippen LogP contribution in [0, 0.1) is 0 Å². The molecule has 2 unspecified atom stereocenters. The lowest BCUT2D eigenvalue weighted by molar-refractivity contribution is 0.00517. The summed E-state index contributed by atoms with van der Waals surface area (Å²) in [6.07, 6.45) is 4.10. The van der Waals surface area contributed by atoms with Gasteiger partial charge in [-0.15, -0.1) is 11.3 Å². The van der Waals surface area contributed by atoms with Crippen molar-refractivity contribution in [2.24, 2.45) is 0 Å². The molecule has 5 aromatic rings. The number of hydrogen-bond donors (Lipinski definition) is 1. The lowest BCUT2D eigenvalue weighted by Crippen LogP contribution is -2.38. The van der Waals surface area contributed by atoms with E-state index >= 15 is 0 Å². The monoisotopic (exact) mass is 509 g/mol. The first kappa shape index (κ1) is 25.1. The zero-order chi connectivity index (χ0) is 25.8. The Morgan fingerprint density at radius 2 is 1.73 bits per heavy atom. The Morgan fingerprint density at radius 1 is 0.973 bits per heavy atom. The van der Waals surface area contributed by atoms with Crippen LogP contribution in [-0.2, 0) is 5.60 Å². The number of pyridine rings is 1. The van der Waals surface area contributed by atoms with E-state index in [2.05, 4.69) is 57.3 Å². The molecular formula is C31H31N3O2S. The normalized spacial score (nSPS) is 14.0. The molecule has 6 heteroatoms. The molecule has 3 aromatic carbocycles. The quantitative estimate of drug-likeness (QED) is 0.251. The molecule has 0 saturated carbocycles. The molecule has 2 heterocycles. The van der Waals surface area contributed by atoms with Crippen LogP contribution in [0.5, 0.6) is 5.88 Å². The van der Waals surface area contributed by atoms with Gasteiger partial charge in [0.2, 0.25) is 5.88 Å². The smallest absolute Gasteiger partial charge is 0.217 e. The topological polar surface area (TPSA) is 58.5 Å². The van der Waals surface area contributed by atoms with Crippen molar-refractivity contribution in [3.05, 3.63) is 113 Å². The van der Waals surface area contributed by atoms with Gasteiger partial charge in [-0.3, -0.25) is 0 Å². The molecule has 0 aliphatic rings. The van der Waals surface area contributed by atoms with Gasteiger partial charge in [-0.2, -0.15) is 0 Å². The molecule has 0 aliphatic heterocycles. The molecule has 0 fully saturated rings. The maximum atomic E-state index is 13.0. The van der Waals surface area contributed by atoms with Crippen molar-refractivity contribution in [2.45, 2.75) is 17.9 Å². The molecule has 0 bridgehead atoms. The molecule has 188 valence electrons. The van der Waals surface area contributed by atoms with Crippen LogP contribution < -0.4 is 4.74 Å². The van der Waals surface area contributed by atoms with Crippen molar-refractivity contribution < 1.29 is 9.84 Å². The zero-order valence-electron chi connectivity index (χ0n) is 21.3. The Hall–Kier alpha value is -3.58. The minimum Gasteiger partial charge on any atom is -0.481 e. The van der Waals surface area contributed by atoms with Gasteiger partial charge in [0.15, 0.2) is 0 Å². The van der Waals surface area contributed by atoms with Gasteiger partial charge in [0.25, 0.3) is 0 Å². The second-order valence-electron chi connectivity index (χ2n) is 9.51. The standard InChI is InChI=1S/C31H31N3O2S/c1-34(2)18-16-31(35,27-15-9-13-22-10-7-8-14-25(22)27)28(23-11-5-4-6-12-23)26-20-24(21-33-29(26)36-3)30-32-17-19-37-30/h4-15,17,19-21,28,35H,16,18H2,1-3H3. The molecule has 0 saturated heterocycles. The summed E-state index contributed by atoms with van der Waals surface area (Å²) in [5.74, 6) is 0.0551. The molecule has 5 rings (SSSR count). The second-order valence-corrected chi connectivity index (χ2v) is 10.4. The van der Waals surface area contributed by atoms with Crippen molar-refractivity contribution in [2.75, 3.05) is 27.7 Å². The van der Waals surface area contributed by atoms with E-state index in [9.17, 15) is 5.11 Å². The van der Waals surface area contributed by atoms with Gasteiger partial charge < -0.3 is 14.7 Å². The Balaban J connectivity index is 1.81. The van der Waals surface area contributed by atoms with Crippen molar-refractivity contribution in [3.8, 4) is 16.5 Å². The summed E-state index contributed by atoms with van der Waals surface area (Å²) < 4.78 is 5.81. The fourth-order valence-corrected chi connectivity index (χ4v) is 5.74. The predicted molar refractivity (Wildman–Crippen MR) is 151 cm³/mol. The Bertz CT molecular complexity index is 1470. The van der Waals surface area contributed by atoms with Crippen LogP contribution in [0.2, 0.25) is 0 Å². The number of methoxy groups -OCH3 is 1. The fourth-order valence-electron chi connectivity index (χ4n) is 5.12. The molecule has 0 radical (unpaired) electrons. The zero-order valence-corrected chi connectivity index (χ0v) is 22.2. The van der Waals surface area contributed by atoms with E-state index in [0.717, 1.165) is 38.0 Å². The summed E-state index contributed by atoms with van der Waals surface area (Å²) in [5, 5.41) is 18.0. The molecule has 2 atom stereocenters. The highest BCUT2D eigenvalue weighted by atomic mass is 32.1. The number of fused-ring (bicyclic) bond motifs is 1. The first-order chi connectivity index (χ1) is 18.0. The van der Waals surface area contributed by atoms with Crippen LogP contribution in [0.25, 0.3) is 21.3 Å². The molecule has 1 N–H and O–H groups in total. The van der Waals surface area contributed by atoms with Gasteiger partial charge in [0.1, 0.15) is 10.6 Å². The van der Waals surface area contributed by atoms with Crippen molar-refractivity contribution in [3.63, 3.8) is 0 Å². The van der Waals surface area contributed by atoms with Gasteiger partial charge >= 0.3 is 0 Å². The summed E-state index contributed by atoms with van der Waals surface area (Å²) in [5.41, 5.74) is 2.36. The Kier molecular flexibility index (Phi) is 7.33. The minimum absolute atomic E-state index is 0.443. The maximum Gasteiger partial charge on any atom is 0.217 e. The number of rotatable bonds is 9. The first-order valence-electron chi connectivity index (χ1n) is 12.4. The highest BCUT2D eigenvalue weighted by Crippen LogP contribution is 2.49. The lowest BCUT2D eigenvalue weighted by Gasteiger charge is -2.39. The molecule has 0 aliphatic carbocycles. The summed E-state index contributed by atoms with van der Waals surface area (Å²) >= 11 is 1.56. The van der Waals surface area contributed by atoms with E-state index in [1.807, 2.05) is 55.9 Å². The van der Waals surface area contributed by atoms with E-state index in [0.29, 0.717) is 18.8 Å². The molecule has 0 amide bonds. The van der Waals surface area contributed by atoms with Crippen molar-refractivity contribution in [1.82, 2.24) is 14.9 Å². The summed E-state index contributed by atoms with van der Waals surface area (Å²) in [4.78, 5) is 11.3. The Morgan fingerprint density at radius 3 is 2.46 bits per heavy atom. The summed E-state index contributed by atoms with van der Waals surface area (Å²) in [6.45, 7) is 0.699. The number of aromatic nitrogens is 2. The highest BCUT2D eigenvalue weighted by Gasteiger charge is 2.43. The summed E-state index contributed by atoms with van der Waals surface area (Å²) in [6, 6.07) is 26.7. The summed E-state index contributed by atoms with van der Waals surface area (Å²) in [7, 11) is 5.70. The van der Waals surface area contributed by atoms with Crippen LogP contribution in [0.3, 0.4) is 0 Å². The second kappa shape index (κ2) is 10.8. The third kappa shape index (κ3) is 5.01. The largest absolute Gasteiger partial charge is 0.481 e.